The quantitative estimate of drug-likeness (QED) is 0.148. The predicted octanol–water partition coefficient (Wildman–Crippen LogP) is 18.4. The zero-order valence-electron chi connectivity index (χ0n) is 52.0. The lowest BCUT2D eigenvalue weighted by atomic mass is 9.31. The molecule has 8 heterocycles. The standard InChI is InChI=1S/C90H52B2N4/c1-7-21-53(22-8-1)59-39-43-79-67(45-59)63-33-19-35-73-85(63)95(79)87-65(57-29-15-5-16-30-57)49-71-69-47-61(55-25-11-3-12-26-55)37-41-77(69)93-81-52-76-82(51-75(81)91(73)83(87)89(71)93)94-78-42-38-62(56-27-13-4-14-28-56)48-70(78)72-50-66(58-31-17-6-18-32-58)88-84(90(72)94)92(76)74-36-20-34-64-68-46-60(54-23-9-2-10-24-54)40-44-80(68)96(88)86(64)74/h1-52H. The highest BCUT2D eigenvalue weighted by Gasteiger charge is 2.47. The number of nitrogens with zero attached hydrogens (tertiary/aromatic N) is 4. The van der Waals surface area contributed by atoms with Crippen molar-refractivity contribution in [1.82, 2.24) is 18.3 Å². The van der Waals surface area contributed by atoms with E-state index in [4.69, 9.17) is 0 Å². The van der Waals surface area contributed by atoms with E-state index in [1.807, 2.05) is 0 Å². The number of benzene rings is 15. The second-order valence-corrected chi connectivity index (χ2v) is 27.0. The molecule has 0 aliphatic carbocycles. The highest BCUT2D eigenvalue weighted by Crippen LogP contribution is 2.49. The lowest BCUT2D eigenvalue weighted by Gasteiger charge is -2.38. The average molecular weight is 1210 g/mol. The van der Waals surface area contributed by atoms with E-state index in [2.05, 4.69) is 334 Å². The van der Waals surface area contributed by atoms with Crippen LogP contribution in [0.4, 0.5) is 0 Å². The smallest absolute Gasteiger partial charge is 0.252 e. The first-order valence-electron chi connectivity index (χ1n) is 33.6. The molecular formula is C90H52B2N4. The Bertz CT molecular complexity index is 6250. The van der Waals surface area contributed by atoms with Crippen molar-refractivity contribution < 1.29 is 0 Å². The minimum atomic E-state index is -0.137. The van der Waals surface area contributed by atoms with Gasteiger partial charge in [0.05, 0.1) is 44.5 Å². The van der Waals surface area contributed by atoms with Gasteiger partial charge in [-0.05, 0) is 161 Å². The van der Waals surface area contributed by atoms with Gasteiger partial charge >= 0.3 is 0 Å². The van der Waals surface area contributed by atoms with Gasteiger partial charge in [0.1, 0.15) is 0 Å². The summed E-state index contributed by atoms with van der Waals surface area (Å²) in [6, 6.07) is 120. The van der Waals surface area contributed by atoms with Crippen LogP contribution in [0.25, 0.3) is 177 Å². The minimum Gasteiger partial charge on any atom is -0.310 e. The van der Waals surface area contributed by atoms with Gasteiger partial charge in [0.2, 0.25) is 0 Å². The average Bonchev–Trinajstić information content (AvgIpc) is 1.57. The topological polar surface area (TPSA) is 19.7 Å². The minimum absolute atomic E-state index is 0.137. The molecule has 15 aromatic carbocycles. The maximum atomic E-state index is 2.71. The number of hydrogen-bond donors (Lipinski definition) is 0. The highest BCUT2D eigenvalue weighted by molar-refractivity contribution is 7.02. The molecular weight excluding hydrogens is 1160 g/mol. The van der Waals surface area contributed by atoms with Gasteiger partial charge in [-0.25, -0.2) is 0 Å². The Balaban J connectivity index is 0.897. The van der Waals surface area contributed by atoms with Gasteiger partial charge in [-0.2, -0.15) is 0 Å². The summed E-state index contributed by atoms with van der Waals surface area (Å²) >= 11 is 0. The Kier molecular flexibility index (Phi) is 9.96. The molecule has 96 heavy (non-hydrogen) atoms. The molecule has 0 bridgehead atoms. The molecule has 4 aliphatic heterocycles. The van der Waals surface area contributed by atoms with Crippen LogP contribution in [0.5, 0.6) is 0 Å². The summed E-state index contributed by atoms with van der Waals surface area (Å²) in [6.45, 7) is -0.275. The summed E-state index contributed by atoms with van der Waals surface area (Å²) in [5.74, 6) is 0. The fraction of sp³-hybridized carbons (Fsp3) is 0. The Morgan fingerprint density at radius 1 is 0.188 bits per heavy atom. The van der Waals surface area contributed by atoms with Crippen molar-refractivity contribution in [2.75, 3.05) is 0 Å². The zero-order chi connectivity index (χ0) is 62.2. The maximum absolute atomic E-state index is 2.71. The SMILES string of the molecule is c1ccc(-c2ccc3c(c2)c2cc(-c4ccccc4)c4c5c2n3-c2cc3c(cc2B5c2cccc5c6cc(-c7ccccc7)ccc6n-4c25)-n2c4ccc(-c5ccccc5)cc4c4cc(-c5ccccc5)c5c(c42)B3c2cccc3c4cc(-c6ccccc6)ccc4n-5c23)cc1. The molecule has 438 valence electrons. The molecule has 0 radical (unpaired) electrons. The van der Waals surface area contributed by atoms with Crippen LogP contribution >= 0.6 is 0 Å². The van der Waals surface area contributed by atoms with Crippen LogP contribution < -0.4 is 32.8 Å². The maximum Gasteiger partial charge on any atom is 0.252 e. The first-order chi connectivity index (χ1) is 47.7. The number of hydrogen-bond acceptors (Lipinski definition) is 0. The Hall–Kier alpha value is -12.4. The lowest BCUT2D eigenvalue weighted by Crippen LogP contribution is -2.62. The summed E-state index contributed by atoms with van der Waals surface area (Å²) < 4.78 is 10.8. The molecule has 0 N–H and O–H groups in total. The van der Waals surface area contributed by atoms with Gasteiger partial charge in [-0.3, -0.25) is 0 Å². The Morgan fingerprint density at radius 2 is 0.490 bits per heavy atom. The van der Waals surface area contributed by atoms with Crippen LogP contribution in [0.15, 0.2) is 315 Å². The van der Waals surface area contributed by atoms with E-state index in [0.29, 0.717) is 0 Å². The molecule has 23 rings (SSSR count). The van der Waals surface area contributed by atoms with Crippen LogP contribution in [-0.4, -0.2) is 31.7 Å². The molecule has 4 aliphatic rings. The fourth-order valence-corrected chi connectivity index (χ4v) is 18.4. The monoisotopic (exact) mass is 1210 g/mol. The summed E-state index contributed by atoms with van der Waals surface area (Å²) in [6.07, 6.45) is 0. The van der Waals surface area contributed by atoms with E-state index in [0.717, 1.165) is 0 Å². The van der Waals surface area contributed by atoms with Crippen molar-refractivity contribution in [2.24, 2.45) is 0 Å². The summed E-state index contributed by atoms with van der Waals surface area (Å²) in [5, 5.41) is 10.1. The van der Waals surface area contributed by atoms with Gasteiger partial charge in [-0.15, -0.1) is 0 Å². The molecule has 0 saturated carbocycles. The van der Waals surface area contributed by atoms with Crippen molar-refractivity contribution in [3.05, 3.63) is 315 Å². The van der Waals surface area contributed by atoms with Crippen LogP contribution in [0.3, 0.4) is 0 Å². The molecule has 19 aromatic rings. The summed E-state index contributed by atoms with van der Waals surface area (Å²) in [4.78, 5) is 0. The first-order valence-corrected chi connectivity index (χ1v) is 33.6. The largest absolute Gasteiger partial charge is 0.310 e. The third kappa shape index (κ3) is 6.60. The van der Waals surface area contributed by atoms with Gasteiger partial charge in [0, 0.05) is 76.6 Å². The normalized spacial score (nSPS) is 13.0. The van der Waals surface area contributed by atoms with E-state index in [-0.39, 0.29) is 13.4 Å². The number of para-hydroxylation sites is 2. The van der Waals surface area contributed by atoms with Crippen LogP contribution in [-0.2, 0) is 0 Å². The number of rotatable bonds is 6. The van der Waals surface area contributed by atoms with Crippen molar-refractivity contribution in [3.8, 4) is 89.5 Å². The third-order valence-electron chi connectivity index (χ3n) is 22.3. The van der Waals surface area contributed by atoms with E-state index in [1.165, 1.54) is 210 Å². The Morgan fingerprint density at radius 3 is 0.823 bits per heavy atom. The van der Waals surface area contributed by atoms with Crippen molar-refractivity contribution >= 4 is 133 Å². The van der Waals surface area contributed by atoms with Gasteiger partial charge in [-0.1, -0.05) is 243 Å². The van der Waals surface area contributed by atoms with Crippen LogP contribution in [0.1, 0.15) is 0 Å². The van der Waals surface area contributed by atoms with Gasteiger partial charge < -0.3 is 18.3 Å². The molecule has 0 amide bonds. The molecule has 0 fully saturated rings. The highest BCUT2D eigenvalue weighted by atomic mass is 15.1. The molecule has 4 nitrogen and oxygen atoms in total. The van der Waals surface area contributed by atoms with Crippen molar-refractivity contribution in [3.63, 3.8) is 0 Å². The summed E-state index contributed by atoms with van der Waals surface area (Å²) in [5.41, 5.74) is 37.5. The van der Waals surface area contributed by atoms with E-state index in [1.54, 1.807) is 0 Å². The lowest BCUT2D eigenvalue weighted by molar-refractivity contribution is 1.14. The van der Waals surface area contributed by atoms with Crippen LogP contribution in [0.2, 0.25) is 0 Å². The fourth-order valence-electron chi connectivity index (χ4n) is 18.4. The molecule has 0 saturated heterocycles. The second kappa shape index (κ2) is 18.7. The van der Waals surface area contributed by atoms with Crippen molar-refractivity contribution in [2.45, 2.75) is 0 Å². The second-order valence-electron chi connectivity index (χ2n) is 27.0. The van der Waals surface area contributed by atoms with E-state index >= 15 is 0 Å². The predicted molar refractivity (Wildman–Crippen MR) is 406 cm³/mol. The van der Waals surface area contributed by atoms with E-state index in [9.17, 15) is 0 Å². The third-order valence-corrected chi connectivity index (χ3v) is 22.3. The molecule has 0 spiro atoms. The molecule has 0 atom stereocenters. The molecule has 4 aromatic heterocycles. The molecule has 6 heteroatoms. The molecule has 0 unspecified atom stereocenters. The Labute approximate surface area is 553 Å². The van der Waals surface area contributed by atoms with Crippen LogP contribution in [0, 0.1) is 0 Å². The van der Waals surface area contributed by atoms with E-state index < -0.39 is 0 Å². The summed E-state index contributed by atoms with van der Waals surface area (Å²) in [7, 11) is 0. The number of fused-ring (bicyclic) bond motifs is 22. The van der Waals surface area contributed by atoms with Gasteiger partial charge in [0.25, 0.3) is 13.4 Å². The zero-order valence-corrected chi connectivity index (χ0v) is 52.0. The first kappa shape index (κ1) is 51.2. The number of aromatic nitrogens is 4. The van der Waals surface area contributed by atoms with Crippen molar-refractivity contribution in [1.29, 1.82) is 0 Å². The van der Waals surface area contributed by atoms with Gasteiger partial charge in [0.15, 0.2) is 0 Å².